The van der Waals surface area contributed by atoms with Crippen LogP contribution in [0.4, 0.5) is 10.5 Å². The van der Waals surface area contributed by atoms with E-state index in [-0.39, 0.29) is 11.3 Å². The minimum Gasteiger partial charge on any atom is -0.496 e. The van der Waals surface area contributed by atoms with Crippen LogP contribution in [0.2, 0.25) is 0 Å². The maximum Gasteiger partial charge on any atom is 0.336 e. The number of hydrogen-bond donors (Lipinski definition) is 1. The van der Waals surface area contributed by atoms with Gasteiger partial charge in [0.1, 0.15) is 17.1 Å². The Morgan fingerprint density at radius 1 is 0.800 bits per heavy atom. The fourth-order valence-electron chi connectivity index (χ4n) is 3.01. The Balaban J connectivity index is 2.11. The van der Waals surface area contributed by atoms with E-state index in [9.17, 15) is 14.4 Å². The molecule has 2 aromatic rings. The molecule has 0 aromatic heterocycles. The summed E-state index contributed by atoms with van der Waals surface area (Å²) in [5.41, 5.74) is 0.342. The Morgan fingerprint density at radius 2 is 1.40 bits per heavy atom. The van der Waals surface area contributed by atoms with E-state index >= 15 is 0 Å². The number of imide groups is 2. The van der Waals surface area contributed by atoms with Crippen LogP contribution in [0.1, 0.15) is 5.56 Å². The van der Waals surface area contributed by atoms with E-state index < -0.39 is 17.8 Å². The number of hydrogen-bond acceptors (Lipinski definition) is 7. The number of carbonyl (C=O) groups excluding carboxylic acids is 3. The van der Waals surface area contributed by atoms with Crippen molar-refractivity contribution in [1.82, 2.24) is 5.32 Å². The van der Waals surface area contributed by atoms with Gasteiger partial charge in [0.25, 0.3) is 11.8 Å². The normalized spacial score (nSPS) is 15.1. The molecule has 1 heterocycles. The minimum atomic E-state index is -0.870. The van der Waals surface area contributed by atoms with Crippen LogP contribution < -0.4 is 29.2 Å². The van der Waals surface area contributed by atoms with Gasteiger partial charge in [-0.15, -0.1) is 0 Å². The van der Waals surface area contributed by atoms with E-state index in [0.29, 0.717) is 28.6 Å². The Bertz CT molecular complexity index is 1050. The standard InChI is InChI=1S/C21H20N2O7/c1-27-15-8-6-5-7-14(15)23-20(25)13(19(24)22-21(23)26)9-12-10-17(29-3)18(30-4)11-16(12)28-2/h5-11H,1-4H3,(H,22,24,26)/b13-9-. The number of carbonyl (C=O) groups is 3. The fraction of sp³-hybridized carbons (Fsp3) is 0.190. The van der Waals surface area contributed by atoms with Crippen LogP contribution in [0.3, 0.4) is 0 Å². The molecule has 156 valence electrons. The van der Waals surface area contributed by atoms with Gasteiger partial charge in [0, 0.05) is 11.6 Å². The first-order chi connectivity index (χ1) is 14.4. The average molecular weight is 412 g/mol. The molecule has 0 radical (unpaired) electrons. The second-order valence-corrected chi connectivity index (χ2v) is 6.08. The molecule has 1 N–H and O–H groups in total. The number of anilines is 1. The van der Waals surface area contributed by atoms with Gasteiger partial charge in [-0.2, -0.15) is 0 Å². The van der Waals surface area contributed by atoms with Crippen LogP contribution in [-0.4, -0.2) is 46.3 Å². The van der Waals surface area contributed by atoms with E-state index in [1.54, 1.807) is 36.4 Å². The molecular formula is C21H20N2O7. The van der Waals surface area contributed by atoms with E-state index in [0.717, 1.165) is 4.90 Å². The smallest absolute Gasteiger partial charge is 0.336 e. The maximum absolute atomic E-state index is 13.1. The van der Waals surface area contributed by atoms with Crippen LogP contribution in [-0.2, 0) is 9.59 Å². The number of nitrogens with one attached hydrogen (secondary N) is 1. The SMILES string of the molecule is COc1cc(OC)c(OC)cc1/C=C1/C(=O)NC(=O)N(c2ccccc2OC)C1=O. The molecule has 1 fully saturated rings. The van der Waals surface area contributed by atoms with Crippen molar-refractivity contribution in [2.24, 2.45) is 0 Å². The summed E-state index contributed by atoms with van der Waals surface area (Å²) in [5.74, 6) is -0.175. The van der Waals surface area contributed by atoms with Crippen LogP contribution in [0.15, 0.2) is 42.0 Å². The van der Waals surface area contributed by atoms with Crippen molar-refractivity contribution >= 4 is 29.6 Å². The van der Waals surface area contributed by atoms with E-state index in [1.165, 1.54) is 34.5 Å². The number of benzene rings is 2. The van der Waals surface area contributed by atoms with Crippen molar-refractivity contribution in [3.63, 3.8) is 0 Å². The third-order valence-corrected chi connectivity index (χ3v) is 4.46. The Morgan fingerprint density at radius 3 is 2.03 bits per heavy atom. The molecule has 2 aromatic carbocycles. The van der Waals surface area contributed by atoms with Crippen molar-refractivity contribution in [3.05, 3.63) is 47.5 Å². The summed E-state index contributed by atoms with van der Waals surface area (Å²) < 4.78 is 21.1. The van der Waals surface area contributed by atoms with Gasteiger partial charge in [-0.3, -0.25) is 14.9 Å². The van der Waals surface area contributed by atoms with E-state index in [1.807, 2.05) is 0 Å². The van der Waals surface area contributed by atoms with Gasteiger partial charge in [0.15, 0.2) is 11.5 Å². The van der Waals surface area contributed by atoms with Crippen molar-refractivity contribution in [2.75, 3.05) is 33.3 Å². The molecule has 0 aliphatic carbocycles. The quantitative estimate of drug-likeness (QED) is 0.574. The predicted molar refractivity (Wildman–Crippen MR) is 108 cm³/mol. The van der Waals surface area contributed by atoms with E-state index in [4.69, 9.17) is 18.9 Å². The number of rotatable bonds is 6. The largest absolute Gasteiger partial charge is 0.496 e. The molecule has 0 atom stereocenters. The fourth-order valence-corrected chi connectivity index (χ4v) is 3.01. The molecule has 0 unspecified atom stereocenters. The first-order valence-corrected chi connectivity index (χ1v) is 8.79. The first kappa shape index (κ1) is 20.7. The van der Waals surface area contributed by atoms with Crippen molar-refractivity contribution in [3.8, 4) is 23.0 Å². The molecule has 9 heteroatoms. The predicted octanol–water partition coefficient (Wildman–Crippen LogP) is 2.39. The number of amides is 4. The second kappa shape index (κ2) is 8.56. The zero-order valence-corrected chi connectivity index (χ0v) is 16.8. The molecule has 0 spiro atoms. The van der Waals surface area contributed by atoms with Crippen LogP contribution in [0, 0.1) is 0 Å². The maximum atomic E-state index is 13.1. The average Bonchev–Trinajstić information content (AvgIpc) is 2.76. The molecule has 0 saturated carbocycles. The summed E-state index contributed by atoms with van der Waals surface area (Å²) in [5, 5.41) is 2.18. The third-order valence-electron chi connectivity index (χ3n) is 4.46. The number of barbiturate groups is 1. The summed E-state index contributed by atoms with van der Waals surface area (Å²) in [6.45, 7) is 0. The molecular weight excluding hydrogens is 392 g/mol. The monoisotopic (exact) mass is 412 g/mol. The van der Waals surface area contributed by atoms with Gasteiger partial charge in [-0.05, 0) is 24.3 Å². The molecule has 4 amide bonds. The second-order valence-electron chi connectivity index (χ2n) is 6.08. The van der Waals surface area contributed by atoms with Crippen LogP contribution in [0.5, 0.6) is 23.0 Å². The van der Waals surface area contributed by atoms with Gasteiger partial charge < -0.3 is 18.9 Å². The summed E-state index contributed by atoms with van der Waals surface area (Å²) >= 11 is 0. The lowest BCUT2D eigenvalue weighted by atomic mass is 10.0. The van der Waals surface area contributed by atoms with Gasteiger partial charge in [0.05, 0.1) is 34.1 Å². The molecule has 1 aliphatic rings. The van der Waals surface area contributed by atoms with Crippen molar-refractivity contribution in [2.45, 2.75) is 0 Å². The van der Waals surface area contributed by atoms with Gasteiger partial charge in [-0.25, -0.2) is 9.69 Å². The lowest BCUT2D eigenvalue weighted by molar-refractivity contribution is -0.122. The van der Waals surface area contributed by atoms with Gasteiger partial charge >= 0.3 is 6.03 Å². The highest BCUT2D eigenvalue weighted by molar-refractivity contribution is 6.39. The Labute approximate surface area is 172 Å². The number of para-hydroxylation sites is 2. The molecule has 1 aliphatic heterocycles. The first-order valence-electron chi connectivity index (χ1n) is 8.79. The zero-order chi connectivity index (χ0) is 21.8. The highest BCUT2D eigenvalue weighted by Crippen LogP contribution is 2.36. The summed E-state index contributed by atoms with van der Waals surface area (Å²) in [6.07, 6.45) is 1.33. The van der Waals surface area contributed by atoms with Crippen molar-refractivity contribution < 1.29 is 33.3 Å². The highest BCUT2D eigenvalue weighted by Gasteiger charge is 2.38. The summed E-state index contributed by atoms with van der Waals surface area (Å²) in [6, 6.07) is 8.76. The number of methoxy groups -OCH3 is 4. The minimum absolute atomic E-state index is 0.208. The Kier molecular flexibility index (Phi) is 5.91. The van der Waals surface area contributed by atoms with E-state index in [2.05, 4.69) is 5.32 Å². The Hall–Kier alpha value is -4.01. The van der Waals surface area contributed by atoms with Gasteiger partial charge in [-0.1, -0.05) is 12.1 Å². The lowest BCUT2D eigenvalue weighted by Crippen LogP contribution is -2.54. The third kappa shape index (κ3) is 3.64. The zero-order valence-electron chi connectivity index (χ0n) is 16.8. The molecule has 0 bridgehead atoms. The lowest BCUT2D eigenvalue weighted by Gasteiger charge is -2.27. The number of ether oxygens (including phenoxy) is 4. The highest BCUT2D eigenvalue weighted by atomic mass is 16.5. The van der Waals surface area contributed by atoms with Crippen LogP contribution in [0.25, 0.3) is 6.08 Å². The van der Waals surface area contributed by atoms with Gasteiger partial charge in [0.2, 0.25) is 0 Å². The number of urea groups is 1. The molecule has 3 rings (SSSR count). The van der Waals surface area contributed by atoms with Crippen molar-refractivity contribution in [1.29, 1.82) is 0 Å². The summed E-state index contributed by atoms with van der Waals surface area (Å²) in [7, 11) is 5.80. The molecule has 1 saturated heterocycles. The summed E-state index contributed by atoms with van der Waals surface area (Å²) in [4.78, 5) is 38.8. The topological polar surface area (TPSA) is 103 Å². The molecule has 9 nitrogen and oxygen atoms in total. The molecule has 30 heavy (non-hydrogen) atoms. The van der Waals surface area contributed by atoms with Crippen LogP contribution >= 0.6 is 0 Å². The number of nitrogens with zero attached hydrogens (tertiary/aromatic N) is 1.